The van der Waals surface area contributed by atoms with Crippen molar-refractivity contribution in [3.05, 3.63) is 98.2 Å². The van der Waals surface area contributed by atoms with Gasteiger partial charge in [-0.3, -0.25) is 9.59 Å². The first-order chi connectivity index (χ1) is 14.7. The summed E-state index contributed by atoms with van der Waals surface area (Å²) in [6.07, 6.45) is 0. The van der Waals surface area contributed by atoms with Crippen LogP contribution < -0.4 is 10.7 Å². The van der Waals surface area contributed by atoms with Crippen molar-refractivity contribution in [2.75, 3.05) is 5.32 Å². The second-order valence-electron chi connectivity index (χ2n) is 8.24. The number of anilines is 1. The van der Waals surface area contributed by atoms with Crippen LogP contribution in [0.4, 0.5) is 5.69 Å². The minimum Gasteiger partial charge on any atom is -0.456 e. The van der Waals surface area contributed by atoms with Crippen molar-refractivity contribution >= 4 is 22.6 Å². The molecule has 1 amide bonds. The molecule has 4 aromatic rings. The molecule has 0 aliphatic carbocycles. The zero-order valence-electron chi connectivity index (χ0n) is 18.4. The molecule has 4 rings (SSSR count). The highest BCUT2D eigenvalue weighted by atomic mass is 16.3. The van der Waals surface area contributed by atoms with Crippen LogP contribution in [0.15, 0.2) is 63.8 Å². The Labute approximate surface area is 181 Å². The molecule has 0 atom stereocenters. The Morgan fingerprint density at radius 3 is 2.00 bits per heavy atom. The van der Waals surface area contributed by atoms with Gasteiger partial charge < -0.3 is 9.73 Å². The number of rotatable bonds is 3. The minimum atomic E-state index is -0.173. The lowest BCUT2D eigenvalue weighted by Gasteiger charge is -2.13. The molecule has 4 nitrogen and oxygen atoms in total. The van der Waals surface area contributed by atoms with Crippen molar-refractivity contribution in [2.24, 2.45) is 0 Å². The molecule has 0 aliphatic rings. The molecule has 0 saturated carbocycles. The lowest BCUT2D eigenvalue weighted by molar-refractivity contribution is 0.102. The number of hydrogen-bond donors (Lipinski definition) is 1. The van der Waals surface area contributed by atoms with Crippen LogP contribution >= 0.6 is 0 Å². The van der Waals surface area contributed by atoms with E-state index >= 15 is 0 Å². The summed E-state index contributed by atoms with van der Waals surface area (Å²) in [6.45, 7) is 9.92. The van der Waals surface area contributed by atoms with Crippen molar-refractivity contribution in [3.8, 4) is 11.3 Å². The van der Waals surface area contributed by atoms with E-state index in [1.807, 2.05) is 46.8 Å². The van der Waals surface area contributed by atoms with E-state index in [2.05, 4.69) is 17.4 Å². The molecule has 31 heavy (non-hydrogen) atoms. The summed E-state index contributed by atoms with van der Waals surface area (Å²) in [6, 6.07) is 16.6. The average Bonchev–Trinajstić information content (AvgIpc) is 2.71. The first-order valence-corrected chi connectivity index (χ1v) is 10.3. The first kappa shape index (κ1) is 20.6. The van der Waals surface area contributed by atoms with Gasteiger partial charge >= 0.3 is 0 Å². The summed E-state index contributed by atoms with van der Waals surface area (Å²) in [4.78, 5) is 25.4. The van der Waals surface area contributed by atoms with Gasteiger partial charge in [-0.25, -0.2) is 0 Å². The quantitative estimate of drug-likeness (QED) is 0.433. The Bertz CT molecular complexity index is 1360. The van der Waals surface area contributed by atoms with Gasteiger partial charge in [0.2, 0.25) is 0 Å². The maximum Gasteiger partial charge on any atom is 0.255 e. The summed E-state index contributed by atoms with van der Waals surface area (Å²) in [5.41, 5.74) is 7.84. The number of carbonyl (C=O) groups is 1. The second-order valence-corrected chi connectivity index (χ2v) is 8.24. The molecule has 4 heteroatoms. The molecule has 0 fully saturated rings. The third kappa shape index (κ3) is 4.02. The van der Waals surface area contributed by atoms with Crippen LogP contribution in [0.2, 0.25) is 0 Å². The van der Waals surface area contributed by atoms with E-state index in [1.54, 1.807) is 24.3 Å². The number of fused-ring (bicyclic) bond motifs is 1. The molecular weight excluding hydrogens is 386 g/mol. The summed E-state index contributed by atoms with van der Waals surface area (Å²) in [5.74, 6) is 0.314. The molecule has 156 valence electrons. The lowest BCUT2D eigenvalue weighted by Crippen LogP contribution is -2.13. The van der Waals surface area contributed by atoms with Gasteiger partial charge in [0.1, 0.15) is 11.3 Å². The van der Waals surface area contributed by atoms with E-state index in [1.165, 1.54) is 11.6 Å². The van der Waals surface area contributed by atoms with Gasteiger partial charge in [0.25, 0.3) is 5.91 Å². The van der Waals surface area contributed by atoms with Gasteiger partial charge in [0.05, 0.1) is 5.39 Å². The van der Waals surface area contributed by atoms with Crippen molar-refractivity contribution in [1.82, 2.24) is 0 Å². The SMILES string of the molecule is Cc1cc(C)c(NC(=O)c2ccc(-c3cc(=O)c4cc(C)cc(C)c4o3)cc2)c(C)c1. The largest absolute Gasteiger partial charge is 0.456 e. The number of aryl methyl sites for hydroxylation is 5. The van der Waals surface area contributed by atoms with Crippen LogP contribution in [0.5, 0.6) is 0 Å². The number of nitrogens with one attached hydrogen (secondary N) is 1. The highest BCUT2D eigenvalue weighted by Crippen LogP contribution is 2.26. The molecule has 0 bridgehead atoms. The number of carbonyl (C=O) groups excluding carboxylic acids is 1. The van der Waals surface area contributed by atoms with E-state index in [-0.39, 0.29) is 11.3 Å². The maximum absolute atomic E-state index is 12.8. The van der Waals surface area contributed by atoms with Crippen LogP contribution in [0.3, 0.4) is 0 Å². The fourth-order valence-electron chi connectivity index (χ4n) is 4.10. The Hall–Kier alpha value is -3.66. The Kier molecular flexibility index (Phi) is 5.24. The molecule has 0 spiro atoms. The molecule has 0 saturated heterocycles. The van der Waals surface area contributed by atoms with Gasteiger partial charge in [0, 0.05) is 22.9 Å². The molecule has 0 radical (unpaired) electrons. The molecule has 0 unspecified atom stereocenters. The van der Waals surface area contributed by atoms with Crippen molar-refractivity contribution < 1.29 is 9.21 Å². The topological polar surface area (TPSA) is 59.3 Å². The van der Waals surface area contributed by atoms with Crippen molar-refractivity contribution in [1.29, 1.82) is 0 Å². The van der Waals surface area contributed by atoms with Gasteiger partial charge in [-0.2, -0.15) is 0 Å². The maximum atomic E-state index is 12.8. The van der Waals surface area contributed by atoms with E-state index in [4.69, 9.17) is 4.42 Å². The molecule has 1 heterocycles. The predicted molar refractivity (Wildman–Crippen MR) is 126 cm³/mol. The molecule has 3 aromatic carbocycles. The third-order valence-corrected chi connectivity index (χ3v) is 5.51. The van der Waals surface area contributed by atoms with Crippen LogP contribution in [0.1, 0.15) is 38.2 Å². The van der Waals surface area contributed by atoms with Crippen LogP contribution in [-0.4, -0.2) is 5.91 Å². The summed E-state index contributed by atoms with van der Waals surface area (Å²) in [5, 5.41) is 3.60. The van der Waals surface area contributed by atoms with Gasteiger partial charge in [-0.15, -0.1) is 0 Å². The highest BCUT2D eigenvalue weighted by Gasteiger charge is 2.13. The molecule has 1 N–H and O–H groups in total. The molecule has 0 aliphatic heterocycles. The van der Waals surface area contributed by atoms with Gasteiger partial charge in [-0.05, 0) is 75.1 Å². The Morgan fingerprint density at radius 2 is 1.35 bits per heavy atom. The minimum absolute atomic E-state index is 0.0739. The molecule has 1 aromatic heterocycles. The smallest absolute Gasteiger partial charge is 0.255 e. The second kappa shape index (κ2) is 7.88. The summed E-state index contributed by atoms with van der Waals surface area (Å²) < 4.78 is 6.05. The van der Waals surface area contributed by atoms with E-state index < -0.39 is 0 Å². The fourth-order valence-corrected chi connectivity index (χ4v) is 4.10. The lowest BCUT2D eigenvalue weighted by atomic mass is 10.0. The zero-order chi connectivity index (χ0) is 22.3. The average molecular weight is 412 g/mol. The monoisotopic (exact) mass is 411 g/mol. The first-order valence-electron chi connectivity index (χ1n) is 10.3. The zero-order valence-corrected chi connectivity index (χ0v) is 18.4. The van der Waals surface area contributed by atoms with Crippen LogP contribution in [0.25, 0.3) is 22.3 Å². The molecular formula is C27H25NO3. The third-order valence-electron chi connectivity index (χ3n) is 5.51. The standard InChI is InChI=1S/C27H25NO3/c1-15-10-17(3)25(18(4)11-15)28-27(30)21-8-6-20(7-9-21)24-14-23(29)22-13-16(2)12-19(5)26(22)31-24/h6-14H,1-5H3,(H,28,30). The Balaban J connectivity index is 1.64. The highest BCUT2D eigenvalue weighted by molar-refractivity contribution is 6.05. The van der Waals surface area contributed by atoms with E-state index in [9.17, 15) is 9.59 Å². The van der Waals surface area contributed by atoms with E-state index in [0.29, 0.717) is 22.3 Å². The fraction of sp³-hybridized carbons (Fsp3) is 0.185. The predicted octanol–water partition coefficient (Wildman–Crippen LogP) is 6.25. The number of benzene rings is 3. The van der Waals surface area contributed by atoms with Crippen molar-refractivity contribution in [3.63, 3.8) is 0 Å². The normalized spacial score (nSPS) is 11.0. The van der Waals surface area contributed by atoms with Crippen LogP contribution in [-0.2, 0) is 0 Å². The Morgan fingerprint density at radius 1 is 0.774 bits per heavy atom. The van der Waals surface area contributed by atoms with Crippen molar-refractivity contribution in [2.45, 2.75) is 34.6 Å². The van der Waals surface area contributed by atoms with Gasteiger partial charge in [0.15, 0.2) is 5.43 Å². The van der Waals surface area contributed by atoms with Crippen LogP contribution in [0, 0.1) is 34.6 Å². The summed E-state index contributed by atoms with van der Waals surface area (Å²) >= 11 is 0. The number of hydrogen-bond acceptors (Lipinski definition) is 3. The van der Waals surface area contributed by atoms with E-state index in [0.717, 1.165) is 33.5 Å². The summed E-state index contributed by atoms with van der Waals surface area (Å²) in [7, 11) is 0. The number of amides is 1. The van der Waals surface area contributed by atoms with Gasteiger partial charge in [-0.1, -0.05) is 35.9 Å².